The predicted octanol–water partition coefficient (Wildman–Crippen LogP) is 1.37. The van der Waals surface area contributed by atoms with Crippen LogP contribution in [0.3, 0.4) is 0 Å². The van der Waals surface area contributed by atoms with Crippen LogP contribution in [0.15, 0.2) is 0 Å². The number of hydrogen-bond donors (Lipinski definition) is 2. The van der Waals surface area contributed by atoms with E-state index in [2.05, 4.69) is 10.6 Å². The van der Waals surface area contributed by atoms with Crippen LogP contribution in [0.2, 0.25) is 0 Å². The maximum Gasteiger partial charge on any atom is 0.224 e. The molecule has 1 heterocycles. The molecule has 0 aromatic heterocycles. The number of carbonyl (C=O) groups excluding carboxylic acids is 2. The van der Waals surface area contributed by atoms with Gasteiger partial charge in [0.15, 0.2) is 0 Å². The van der Waals surface area contributed by atoms with Gasteiger partial charge in [-0.1, -0.05) is 19.3 Å². The molecule has 1 aliphatic carbocycles. The third-order valence-electron chi connectivity index (χ3n) is 4.16. The monoisotopic (exact) mass is 282 g/mol. The van der Waals surface area contributed by atoms with Crippen LogP contribution < -0.4 is 10.6 Å². The summed E-state index contributed by atoms with van der Waals surface area (Å²) in [5.74, 6) is 0.0459. The lowest BCUT2D eigenvalue weighted by Crippen LogP contribution is -2.43. The van der Waals surface area contributed by atoms with Crippen molar-refractivity contribution in [3.8, 4) is 0 Å². The summed E-state index contributed by atoms with van der Waals surface area (Å²) in [6.07, 6.45) is 8.72. The number of piperidine rings is 1. The molecule has 0 radical (unpaired) electrons. The number of rotatable bonds is 6. The van der Waals surface area contributed by atoms with Gasteiger partial charge in [0, 0.05) is 26.1 Å². The number of carbonyl (C=O) groups is 2. The minimum atomic E-state index is -0.0630. The summed E-state index contributed by atoms with van der Waals surface area (Å²) in [5, 5.41) is 5.67. The van der Waals surface area contributed by atoms with Crippen LogP contribution in [0.25, 0.3) is 0 Å². The fourth-order valence-electron chi connectivity index (χ4n) is 2.87. The van der Waals surface area contributed by atoms with Crippen molar-refractivity contribution in [3.63, 3.8) is 0 Å². The van der Waals surface area contributed by atoms with Crippen molar-refractivity contribution >= 4 is 11.8 Å². The highest BCUT2D eigenvalue weighted by atomic mass is 16.5. The van der Waals surface area contributed by atoms with Gasteiger partial charge in [0.2, 0.25) is 11.8 Å². The van der Waals surface area contributed by atoms with Gasteiger partial charge in [-0.15, -0.1) is 0 Å². The zero-order valence-corrected chi connectivity index (χ0v) is 12.2. The molecule has 1 aliphatic heterocycles. The minimum Gasteiger partial charge on any atom is -0.378 e. The zero-order chi connectivity index (χ0) is 14.2. The summed E-state index contributed by atoms with van der Waals surface area (Å²) >= 11 is 0. The lowest BCUT2D eigenvalue weighted by molar-refractivity contribution is -0.128. The second-order valence-corrected chi connectivity index (χ2v) is 5.82. The molecule has 5 nitrogen and oxygen atoms in total. The van der Waals surface area contributed by atoms with Crippen LogP contribution >= 0.6 is 0 Å². The molecule has 2 fully saturated rings. The first-order valence-corrected chi connectivity index (χ1v) is 7.91. The first-order chi connectivity index (χ1) is 9.75. The van der Waals surface area contributed by atoms with Crippen LogP contribution in [-0.4, -0.2) is 37.6 Å². The molecule has 0 spiro atoms. The van der Waals surface area contributed by atoms with Gasteiger partial charge in [0.05, 0.1) is 12.0 Å². The Morgan fingerprint density at radius 3 is 2.75 bits per heavy atom. The van der Waals surface area contributed by atoms with Gasteiger partial charge in [-0.05, 0) is 25.7 Å². The second kappa shape index (κ2) is 8.25. The molecule has 1 saturated heterocycles. The Bertz CT molecular complexity index is 317. The van der Waals surface area contributed by atoms with Crippen LogP contribution in [0.1, 0.15) is 51.4 Å². The molecular formula is C15H26N2O3. The first-order valence-electron chi connectivity index (χ1n) is 7.91. The second-order valence-electron chi connectivity index (χ2n) is 5.82. The summed E-state index contributed by atoms with van der Waals surface area (Å²) in [7, 11) is 0. The molecule has 114 valence electrons. The Kier molecular flexibility index (Phi) is 6.30. The SMILES string of the molecule is O=C1CC[C@@H](C(=O)NCCCOC2CCCCC2)CN1. The molecule has 0 unspecified atom stereocenters. The number of amides is 2. The Hall–Kier alpha value is -1.10. The minimum absolute atomic E-state index is 0.0509. The van der Waals surface area contributed by atoms with Gasteiger partial charge in [-0.3, -0.25) is 9.59 Å². The average Bonchev–Trinajstić information content (AvgIpc) is 2.48. The van der Waals surface area contributed by atoms with Crippen LogP contribution in [0.5, 0.6) is 0 Å². The van der Waals surface area contributed by atoms with E-state index < -0.39 is 0 Å². The van der Waals surface area contributed by atoms with Crippen molar-refractivity contribution in [2.24, 2.45) is 5.92 Å². The van der Waals surface area contributed by atoms with Crippen molar-refractivity contribution < 1.29 is 14.3 Å². The van der Waals surface area contributed by atoms with Crippen LogP contribution in [0, 0.1) is 5.92 Å². The Morgan fingerprint density at radius 2 is 2.05 bits per heavy atom. The molecule has 1 atom stereocenters. The average molecular weight is 282 g/mol. The quantitative estimate of drug-likeness (QED) is 0.723. The van der Waals surface area contributed by atoms with Crippen molar-refractivity contribution in [1.29, 1.82) is 0 Å². The normalized spacial score (nSPS) is 24.2. The van der Waals surface area contributed by atoms with E-state index in [9.17, 15) is 9.59 Å². The fourth-order valence-corrected chi connectivity index (χ4v) is 2.87. The predicted molar refractivity (Wildman–Crippen MR) is 76.2 cm³/mol. The van der Waals surface area contributed by atoms with Crippen molar-refractivity contribution in [2.75, 3.05) is 19.7 Å². The van der Waals surface area contributed by atoms with Crippen LogP contribution in [0.4, 0.5) is 0 Å². The van der Waals surface area contributed by atoms with Gasteiger partial charge >= 0.3 is 0 Å². The lowest BCUT2D eigenvalue weighted by atomic mass is 9.98. The van der Waals surface area contributed by atoms with E-state index in [0.717, 1.165) is 13.0 Å². The molecule has 0 aromatic rings. The third-order valence-corrected chi connectivity index (χ3v) is 4.16. The van der Waals surface area contributed by atoms with Gasteiger partial charge in [-0.25, -0.2) is 0 Å². The molecule has 0 bridgehead atoms. The summed E-state index contributed by atoms with van der Waals surface area (Å²) < 4.78 is 5.82. The van der Waals surface area contributed by atoms with E-state index in [4.69, 9.17) is 4.74 Å². The molecule has 2 amide bonds. The summed E-state index contributed by atoms with van der Waals surface area (Å²) in [6, 6.07) is 0. The van der Waals surface area contributed by atoms with E-state index >= 15 is 0 Å². The molecule has 20 heavy (non-hydrogen) atoms. The van der Waals surface area contributed by atoms with Gasteiger partial charge in [0.25, 0.3) is 0 Å². The molecular weight excluding hydrogens is 256 g/mol. The molecule has 1 saturated carbocycles. The molecule has 2 rings (SSSR count). The molecule has 2 N–H and O–H groups in total. The number of ether oxygens (including phenoxy) is 1. The Morgan fingerprint density at radius 1 is 1.25 bits per heavy atom. The first kappa shape index (κ1) is 15.3. The smallest absolute Gasteiger partial charge is 0.224 e. The topological polar surface area (TPSA) is 67.4 Å². The highest BCUT2D eigenvalue weighted by molar-refractivity contribution is 5.83. The Labute approximate surface area is 120 Å². The zero-order valence-electron chi connectivity index (χ0n) is 12.2. The van der Waals surface area contributed by atoms with Crippen molar-refractivity contribution in [3.05, 3.63) is 0 Å². The fraction of sp³-hybridized carbons (Fsp3) is 0.867. The maximum absolute atomic E-state index is 11.9. The highest BCUT2D eigenvalue weighted by Gasteiger charge is 2.23. The van der Waals surface area contributed by atoms with E-state index in [-0.39, 0.29) is 17.7 Å². The number of hydrogen-bond acceptors (Lipinski definition) is 3. The molecule has 0 aromatic carbocycles. The summed E-state index contributed by atoms with van der Waals surface area (Å²) in [5.41, 5.74) is 0. The van der Waals surface area contributed by atoms with Crippen LogP contribution in [-0.2, 0) is 14.3 Å². The number of nitrogens with one attached hydrogen (secondary N) is 2. The van der Waals surface area contributed by atoms with Gasteiger partial charge in [-0.2, -0.15) is 0 Å². The van der Waals surface area contributed by atoms with E-state index in [1.807, 2.05) is 0 Å². The summed E-state index contributed by atoms with van der Waals surface area (Å²) in [6.45, 7) is 1.87. The van der Waals surface area contributed by atoms with Gasteiger partial charge in [0.1, 0.15) is 0 Å². The summed E-state index contributed by atoms with van der Waals surface area (Å²) in [4.78, 5) is 22.9. The maximum atomic E-state index is 11.9. The lowest BCUT2D eigenvalue weighted by Gasteiger charge is -2.23. The van der Waals surface area contributed by atoms with E-state index in [1.165, 1.54) is 32.1 Å². The standard InChI is InChI=1S/C15H26N2O3/c18-14-8-7-12(11-17-14)15(19)16-9-4-10-20-13-5-2-1-3-6-13/h12-13H,1-11H2,(H,16,19)(H,17,18)/t12-/m1/s1. The van der Waals surface area contributed by atoms with E-state index in [0.29, 0.717) is 32.0 Å². The third kappa shape index (κ3) is 5.12. The largest absolute Gasteiger partial charge is 0.378 e. The van der Waals surface area contributed by atoms with Gasteiger partial charge < -0.3 is 15.4 Å². The molecule has 5 heteroatoms. The van der Waals surface area contributed by atoms with Crippen molar-refractivity contribution in [1.82, 2.24) is 10.6 Å². The Balaban J connectivity index is 1.50. The van der Waals surface area contributed by atoms with Crippen molar-refractivity contribution in [2.45, 2.75) is 57.5 Å². The highest BCUT2D eigenvalue weighted by Crippen LogP contribution is 2.20. The van der Waals surface area contributed by atoms with E-state index in [1.54, 1.807) is 0 Å². The molecule has 2 aliphatic rings.